The van der Waals surface area contributed by atoms with Crippen molar-refractivity contribution in [1.82, 2.24) is 29.6 Å². The first-order valence-electron chi connectivity index (χ1n) is 9.78. The predicted octanol–water partition coefficient (Wildman–Crippen LogP) is 4.31. The van der Waals surface area contributed by atoms with Gasteiger partial charge < -0.3 is 9.47 Å². The van der Waals surface area contributed by atoms with Crippen LogP contribution < -0.4 is 0 Å². The van der Waals surface area contributed by atoms with Crippen LogP contribution in [0, 0.1) is 6.92 Å². The van der Waals surface area contributed by atoms with Crippen LogP contribution in [0.25, 0.3) is 22.5 Å². The lowest BCUT2D eigenvalue weighted by Crippen LogP contribution is -2.16. The first-order valence-corrected chi connectivity index (χ1v) is 9.78. The van der Waals surface area contributed by atoms with Crippen molar-refractivity contribution in [3.05, 3.63) is 78.1 Å². The number of benzene rings is 2. The standard InChI is InChI=1S/C23H26N6/c1-16(28(3)4)19-11-8-12-20(13-19)23-22(18-9-6-5-7-10-18)24-15-29(23)14-21-25-17(2)26-27-21/h5-13,15-16H,14H2,1-4H3,(H,25,26,27)/t16-/m1/s1. The Morgan fingerprint density at radius 1 is 1.03 bits per heavy atom. The summed E-state index contributed by atoms with van der Waals surface area (Å²) in [7, 11) is 4.20. The Bertz CT molecular complexity index is 1090. The van der Waals surface area contributed by atoms with Crippen LogP contribution in [-0.2, 0) is 6.54 Å². The van der Waals surface area contributed by atoms with Gasteiger partial charge in [-0.3, -0.25) is 5.10 Å². The second-order valence-electron chi connectivity index (χ2n) is 7.54. The van der Waals surface area contributed by atoms with Crippen molar-refractivity contribution in [3.8, 4) is 22.5 Å². The molecule has 0 fully saturated rings. The van der Waals surface area contributed by atoms with E-state index in [9.17, 15) is 0 Å². The molecule has 2 heterocycles. The van der Waals surface area contributed by atoms with Crippen molar-refractivity contribution in [3.63, 3.8) is 0 Å². The maximum Gasteiger partial charge on any atom is 0.170 e. The van der Waals surface area contributed by atoms with Gasteiger partial charge in [-0.05, 0) is 39.6 Å². The highest BCUT2D eigenvalue weighted by Gasteiger charge is 2.18. The molecule has 2 aromatic carbocycles. The van der Waals surface area contributed by atoms with Crippen LogP contribution >= 0.6 is 0 Å². The van der Waals surface area contributed by atoms with Crippen LogP contribution in [0.3, 0.4) is 0 Å². The molecule has 0 saturated carbocycles. The Labute approximate surface area is 171 Å². The molecule has 0 radical (unpaired) electrons. The van der Waals surface area contributed by atoms with Gasteiger partial charge in [0, 0.05) is 17.2 Å². The number of hydrogen-bond donors (Lipinski definition) is 1. The number of hydrogen-bond acceptors (Lipinski definition) is 4. The highest BCUT2D eigenvalue weighted by Crippen LogP contribution is 2.33. The molecule has 0 aliphatic heterocycles. The first kappa shape index (κ1) is 19.1. The van der Waals surface area contributed by atoms with E-state index in [2.05, 4.69) is 82.1 Å². The van der Waals surface area contributed by atoms with E-state index in [0.29, 0.717) is 12.6 Å². The minimum absolute atomic E-state index is 0.321. The lowest BCUT2D eigenvalue weighted by molar-refractivity contribution is 0.321. The van der Waals surface area contributed by atoms with Crippen molar-refractivity contribution < 1.29 is 0 Å². The predicted molar refractivity (Wildman–Crippen MR) is 115 cm³/mol. The molecule has 148 valence electrons. The van der Waals surface area contributed by atoms with Gasteiger partial charge in [-0.15, -0.1) is 0 Å². The second-order valence-corrected chi connectivity index (χ2v) is 7.54. The lowest BCUT2D eigenvalue weighted by Gasteiger charge is -2.21. The molecule has 1 N–H and O–H groups in total. The van der Waals surface area contributed by atoms with Gasteiger partial charge in [-0.1, -0.05) is 48.5 Å². The first-order chi connectivity index (χ1) is 14.0. The molecule has 0 saturated heterocycles. The molecule has 0 amide bonds. The molecule has 2 aromatic heterocycles. The van der Waals surface area contributed by atoms with Gasteiger partial charge in [0.2, 0.25) is 0 Å². The monoisotopic (exact) mass is 386 g/mol. The van der Waals surface area contributed by atoms with E-state index in [0.717, 1.165) is 34.2 Å². The van der Waals surface area contributed by atoms with Gasteiger partial charge in [-0.25, -0.2) is 9.97 Å². The van der Waals surface area contributed by atoms with Gasteiger partial charge in [0.25, 0.3) is 0 Å². The maximum absolute atomic E-state index is 4.76. The molecule has 4 aromatic rings. The maximum atomic E-state index is 4.76. The summed E-state index contributed by atoms with van der Waals surface area (Å²) < 4.78 is 2.13. The van der Waals surface area contributed by atoms with Crippen molar-refractivity contribution >= 4 is 0 Å². The van der Waals surface area contributed by atoms with Crippen molar-refractivity contribution in [2.75, 3.05) is 14.1 Å². The SMILES string of the molecule is Cc1nc(Cn2cnc(-c3ccccc3)c2-c2cccc([C@@H](C)N(C)C)c2)n[nH]1. The van der Waals surface area contributed by atoms with Crippen LogP contribution in [0.1, 0.15) is 30.2 Å². The smallest absolute Gasteiger partial charge is 0.170 e. The number of rotatable bonds is 6. The Morgan fingerprint density at radius 3 is 2.48 bits per heavy atom. The fourth-order valence-electron chi connectivity index (χ4n) is 3.47. The summed E-state index contributed by atoms with van der Waals surface area (Å²) in [4.78, 5) is 11.4. The third-order valence-electron chi connectivity index (χ3n) is 5.26. The van der Waals surface area contributed by atoms with E-state index in [1.165, 1.54) is 5.56 Å². The van der Waals surface area contributed by atoms with E-state index in [-0.39, 0.29) is 0 Å². The van der Waals surface area contributed by atoms with Crippen LogP contribution in [0.15, 0.2) is 60.9 Å². The number of nitrogens with zero attached hydrogens (tertiary/aromatic N) is 5. The molecule has 0 aliphatic rings. The van der Waals surface area contributed by atoms with Crippen molar-refractivity contribution in [1.29, 1.82) is 0 Å². The highest BCUT2D eigenvalue weighted by atomic mass is 15.2. The van der Waals surface area contributed by atoms with E-state index < -0.39 is 0 Å². The van der Waals surface area contributed by atoms with Crippen LogP contribution in [-0.4, -0.2) is 43.7 Å². The fourth-order valence-corrected chi connectivity index (χ4v) is 3.47. The molecule has 0 aliphatic carbocycles. The Kier molecular flexibility index (Phi) is 5.27. The van der Waals surface area contributed by atoms with Crippen LogP contribution in [0.4, 0.5) is 0 Å². The average molecular weight is 387 g/mol. The fraction of sp³-hybridized carbons (Fsp3) is 0.261. The third kappa shape index (κ3) is 3.98. The number of imidazole rings is 1. The zero-order chi connectivity index (χ0) is 20.4. The van der Waals surface area contributed by atoms with Gasteiger partial charge in [0.15, 0.2) is 5.82 Å². The van der Waals surface area contributed by atoms with Crippen LogP contribution in [0.2, 0.25) is 0 Å². The summed E-state index contributed by atoms with van der Waals surface area (Å²) >= 11 is 0. The molecular weight excluding hydrogens is 360 g/mol. The molecule has 0 unspecified atom stereocenters. The zero-order valence-corrected chi connectivity index (χ0v) is 17.3. The number of aryl methyl sites for hydroxylation is 1. The number of aromatic nitrogens is 5. The molecule has 4 rings (SSSR count). The van der Waals surface area contributed by atoms with Gasteiger partial charge in [0.1, 0.15) is 5.82 Å². The van der Waals surface area contributed by atoms with Crippen LogP contribution in [0.5, 0.6) is 0 Å². The Morgan fingerprint density at radius 2 is 1.79 bits per heavy atom. The van der Waals surface area contributed by atoms with Gasteiger partial charge >= 0.3 is 0 Å². The molecule has 1 atom stereocenters. The largest absolute Gasteiger partial charge is 0.322 e. The highest BCUT2D eigenvalue weighted by molar-refractivity contribution is 5.79. The Hall–Kier alpha value is -3.25. The number of H-pyrrole nitrogens is 1. The molecule has 29 heavy (non-hydrogen) atoms. The topological polar surface area (TPSA) is 62.6 Å². The minimum Gasteiger partial charge on any atom is -0.322 e. The van der Waals surface area contributed by atoms with Crippen molar-refractivity contribution in [2.24, 2.45) is 0 Å². The quantitative estimate of drug-likeness (QED) is 0.536. The minimum atomic E-state index is 0.321. The number of aromatic amines is 1. The van der Waals surface area contributed by atoms with Gasteiger partial charge in [-0.2, -0.15) is 5.10 Å². The molecule has 6 heteroatoms. The second kappa shape index (κ2) is 8.01. The van der Waals surface area contributed by atoms with Gasteiger partial charge in [0.05, 0.1) is 24.3 Å². The summed E-state index contributed by atoms with van der Waals surface area (Å²) in [5.41, 5.74) is 5.55. The average Bonchev–Trinajstić information content (AvgIpc) is 3.34. The molecule has 6 nitrogen and oxygen atoms in total. The normalized spacial score (nSPS) is 12.4. The third-order valence-corrected chi connectivity index (χ3v) is 5.26. The summed E-state index contributed by atoms with van der Waals surface area (Å²) in [5, 5.41) is 7.23. The lowest BCUT2D eigenvalue weighted by atomic mass is 10.00. The number of nitrogens with one attached hydrogen (secondary N) is 1. The summed E-state index contributed by atoms with van der Waals surface area (Å²) in [5.74, 6) is 1.56. The van der Waals surface area contributed by atoms with E-state index in [1.54, 1.807) is 0 Å². The zero-order valence-electron chi connectivity index (χ0n) is 17.3. The Balaban J connectivity index is 1.83. The molecular formula is C23H26N6. The van der Waals surface area contributed by atoms with E-state index in [4.69, 9.17) is 4.98 Å². The van der Waals surface area contributed by atoms with E-state index >= 15 is 0 Å². The summed E-state index contributed by atoms with van der Waals surface area (Å²) in [6.45, 7) is 4.69. The van der Waals surface area contributed by atoms with Crippen molar-refractivity contribution in [2.45, 2.75) is 26.4 Å². The summed E-state index contributed by atoms with van der Waals surface area (Å²) in [6, 6.07) is 19.3. The summed E-state index contributed by atoms with van der Waals surface area (Å²) in [6.07, 6.45) is 1.88. The molecule has 0 bridgehead atoms. The van der Waals surface area contributed by atoms with E-state index in [1.807, 2.05) is 31.5 Å². The molecule has 0 spiro atoms.